The summed E-state index contributed by atoms with van der Waals surface area (Å²) in [4.78, 5) is 34.7. The van der Waals surface area contributed by atoms with Crippen LogP contribution in [0.3, 0.4) is 0 Å². The Hall–Kier alpha value is -3.07. The van der Waals surface area contributed by atoms with Crippen molar-refractivity contribution in [2.24, 2.45) is 0 Å². The molecule has 3 heterocycles. The van der Waals surface area contributed by atoms with Gasteiger partial charge >= 0.3 is 5.97 Å². The lowest BCUT2D eigenvalue weighted by atomic mass is 10.3. The molecule has 0 aliphatic heterocycles. The van der Waals surface area contributed by atoms with Crippen LogP contribution in [0, 0.1) is 0 Å². The average Bonchev–Trinajstić information content (AvgIpc) is 2.99. The van der Waals surface area contributed by atoms with Crippen molar-refractivity contribution in [1.29, 1.82) is 0 Å². The molecule has 1 amide bonds. The molecule has 3 aromatic heterocycles. The average molecular weight is 330 g/mol. The summed E-state index contributed by atoms with van der Waals surface area (Å²) in [5, 5.41) is 21.5. The number of thiazole rings is 1. The van der Waals surface area contributed by atoms with E-state index in [1.807, 2.05) is 6.07 Å². The number of hydrogen-bond acceptors (Lipinski definition) is 7. The Morgan fingerprint density at radius 3 is 2.78 bits per heavy atom. The van der Waals surface area contributed by atoms with Crippen LogP contribution in [-0.4, -0.2) is 43.6 Å². The Balaban J connectivity index is 1.99. The Morgan fingerprint density at radius 1 is 1.26 bits per heavy atom. The lowest BCUT2D eigenvalue weighted by Gasteiger charge is -2.03. The van der Waals surface area contributed by atoms with Crippen molar-refractivity contribution in [1.82, 2.24) is 20.3 Å². The molecule has 0 spiro atoms. The minimum Gasteiger partial charge on any atom is -0.504 e. The number of amides is 1. The highest BCUT2D eigenvalue weighted by molar-refractivity contribution is 7.22. The molecule has 0 bridgehead atoms. The third kappa shape index (κ3) is 2.94. The zero-order valence-corrected chi connectivity index (χ0v) is 12.4. The summed E-state index contributed by atoms with van der Waals surface area (Å²) in [5.74, 6) is -2.28. The molecule has 0 fully saturated rings. The van der Waals surface area contributed by atoms with E-state index in [0.29, 0.717) is 20.9 Å². The zero-order chi connectivity index (χ0) is 16.4. The van der Waals surface area contributed by atoms with Crippen LogP contribution in [-0.2, 0) is 4.79 Å². The van der Waals surface area contributed by atoms with Gasteiger partial charge in [0.15, 0.2) is 11.4 Å². The summed E-state index contributed by atoms with van der Waals surface area (Å²) in [6.07, 6.45) is 2.98. The van der Waals surface area contributed by atoms with Gasteiger partial charge in [-0.3, -0.25) is 14.6 Å². The summed E-state index contributed by atoms with van der Waals surface area (Å²) in [5.41, 5.74) is 0.836. The van der Waals surface area contributed by atoms with Crippen LogP contribution < -0.4 is 5.32 Å². The van der Waals surface area contributed by atoms with Gasteiger partial charge in [0.2, 0.25) is 0 Å². The fraction of sp³-hybridized carbons (Fsp3) is 0.0714. The molecule has 0 atom stereocenters. The van der Waals surface area contributed by atoms with Gasteiger partial charge in [-0.2, -0.15) is 0 Å². The van der Waals surface area contributed by atoms with E-state index in [0.717, 1.165) is 0 Å². The van der Waals surface area contributed by atoms with Crippen LogP contribution in [0.4, 0.5) is 0 Å². The molecule has 0 saturated carbocycles. The number of carboxylic acids is 1. The van der Waals surface area contributed by atoms with Gasteiger partial charge in [-0.1, -0.05) is 6.07 Å². The number of nitrogens with zero attached hydrogens (tertiary/aromatic N) is 3. The summed E-state index contributed by atoms with van der Waals surface area (Å²) in [7, 11) is 0. The monoisotopic (exact) mass is 330 g/mol. The van der Waals surface area contributed by atoms with E-state index < -0.39 is 18.4 Å². The summed E-state index contributed by atoms with van der Waals surface area (Å²) in [6.45, 7) is -0.556. The minimum atomic E-state index is -1.19. The lowest BCUT2D eigenvalue weighted by Crippen LogP contribution is -2.29. The number of nitrogens with one attached hydrogen (secondary N) is 1. The summed E-state index contributed by atoms with van der Waals surface area (Å²) < 4.78 is 0.390. The first-order valence-electron chi connectivity index (χ1n) is 6.46. The first-order valence-corrected chi connectivity index (χ1v) is 7.28. The fourth-order valence-corrected chi connectivity index (χ4v) is 2.85. The highest BCUT2D eigenvalue weighted by Crippen LogP contribution is 2.35. The van der Waals surface area contributed by atoms with E-state index in [9.17, 15) is 14.7 Å². The number of rotatable bonds is 4. The van der Waals surface area contributed by atoms with Gasteiger partial charge < -0.3 is 15.5 Å². The largest absolute Gasteiger partial charge is 0.504 e. The van der Waals surface area contributed by atoms with Gasteiger partial charge in [-0.25, -0.2) is 9.97 Å². The molecule has 0 saturated heterocycles. The normalized spacial score (nSPS) is 10.6. The number of pyridine rings is 2. The minimum absolute atomic E-state index is 0.241. The van der Waals surface area contributed by atoms with E-state index in [4.69, 9.17) is 5.11 Å². The number of carboxylic acid groups (broad SMARTS) is 1. The van der Waals surface area contributed by atoms with Crippen molar-refractivity contribution >= 4 is 33.4 Å². The molecule has 23 heavy (non-hydrogen) atoms. The van der Waals surface area contributed by atoms with E-state index in [-0.39, 0.29) is 11.4 Å². The molecule has 0 aliphatic rings. The first kappa shape index (κ1) is 14.9. The van der Waals surface area contributed by atoms with Crippen LogP contribution in [0.1, 0.15) is 10.5 Å². The lowest BCUT2D eigenvalue weighted by molar-refractivity contribution is -0.135. The molecule has 8 nitrogen and oxygen atoms in total. The predicted molar refractivity (Wildman–Crippen MR) is 82.3 cm³/mol. The second kappa shape index (κ2) is 5.97. The maximum atomic E-state index is 11.9. The Labute approximate surface area is 133 Å². The SMILES string of the molecule is O=C(O)CNC(=O)c1ncc2nc(-c3ccccn3)sc2c1O. The molecule has 116 valence electrons. The van der Waals surface area contributed by atoms with Crippen molar-refractivity contribution in [3.63, 3.8) is 0 Å². The molecule has 0 radical (unpaired) electrons. The number of aromatic hydroxyl groups is 1. The molecular formula is C14H10N4O4S. The van der Waals surface area contributed by atoms with Crippen LogP contribution in [0.5, 0.6) is 5.75 Å². The van der Waals surface area contributed by atoms with E-state index in [1.165, 1.54) is 17.5 Å². The van der Waals surface area contributed by atoms with Crippen molar-refractivity contribution < 1.29 is 19.8 Å². The number of fused-ring (bicyclic) bond motifs is 1. The smallest absolute Gasteiger partial charge is 0.322 e. The summed E-state index contributed by atoms with van der Waals surface area (Å²) in [6, 6.07) is 5.38. The standard InChI is InChI=1S/C14H10N4O4S/c19-9(20)6-17-13(22)10-11(21)12-8(5-16-10)18-14(23-12)7-3-1-2-4-15-7/h1-5,21H,6H2,(H,17,22)(H,19,20). The Bertz CT molecular complexity index is 894. The molecule has 3 aromatic rings. The Kier molecular flexibility index (Phi) is 3.85. The number of hydrogen-bond donors (Lipinski definition) is 3. The molecule has 0 aliphatic carbocycles. The van der Waals surface area contributed by atoms with E-state index >= 15 is 0 Å². The number of carbonyl (C=O) groups excluding carboxylic acids is 1. The third-order valence-electron chi connectivity index (χ3n) is 2.91. The number of carbonyl (C=O) groups is 2. The molecular weight excluding hydrogens is 320 g/mol. The van der Waals surface area contributed by atoms with Crippen LogP contribution in [0.25, 0.3) is 20.9 Å². The third-order valence-corrected chi connectivity index (χ3v) is 4.01. The van der Waals surface area contributed by atoms with Crippen molar-refractivity contribution in [3.05, 3.63) is 36.3 Å². The van der Waals surface area contributed by atoms with Gasteiger partial charge in [0, 0.05) is 6.20 Å². The molecule has 9 heteroatoms. The molecule has 0 unspecified atom stereocenters. The second-order valence-electron chi connectivity index (χ2n) is 4.48. The maximum absolute atomic E-state index is 11.9. The zero-order valence-electron chi connectivity index (χ0n) is 11.6. The van der Waals surface area contributed by atoms with Crippen LogP contribution >= 0.6 is 11.3 Å². The quantitative estimate of drug-likeness (QED) is 0.657. The van der Waals surface area contributed by atoms with Crippen molar-refractivity contribution in [2.45, 2.75) is 0 Å². The first-order chi connectivity index (χ1) is 11.1. The van der Waals surface area contributed by atoms with Gasteiger partial charge in [0.05, 0.1) is 11.9 Å². The van der Waals surface area contributed by atoms with Gasteiger partial charge in [-0.05, 0) is 12.1 Å². The topological polar surface area (TPSA) is 125 Å². The molecule has 3 rings (SSSR count). The van der Waals surface area contributed by atoms with Crippen molar-refractivity contribution in [3.8, 4) is 16.5 Å². The fourth-order valence-electron chi connectivity index (χ4n) is 1.89. The molecule has 3 N–H and O–H groups in total. The van der Waals surface area contributed by atoms with Gasteiger partial charge in [0.25, 0.3) is 5.91 Å². The van der Waals surface area contributed by atoms with Crippen LogP contribution in [0.15, 0.2) is 30.6 Å². The predicted octanol–water partition coefficient (Wildman–Crippen LogP) is 1.27. The highest BCUT2D eigenvalue weighted by atomic mass is 32.1. The van der Waals surface area contributed by atoms with Crippen molar-refractivity contribution in [2.75, 3.05) is 6.54 Å². The Morgan fingerprint density at radius 2 is 2.09 bits per heavy atom. The van der Waals surface area contributed by atoms with Crippen LogP contribution in [0.2, 0.25) is 0 Å². The van der Waals surface area contributed by atoms with E-state index in [2.05, 4.69) is 20.3 Å². The molecule has 0 aromatic carbocycles. The van der Waals surface area contributed by atoms with E-state index in [1.54, 1.807) is 18.3 Å². The number of aromatic nitrogens is 3. The summed E-state index contributed by atoms with van der Waals surface area (Å²) >= 11 is 1.17. The van der Waals surface area contributed by atoms with Gasteiger partial charge in [0.1, 0.15) is 21.8 Å². The second-order valence-corrected chi connectivity index (χ2v) is 5.48. The maximum Gasteiger partial charge on any atom is 0.322 e. The highest BCUT2D eigenvalue weighted by Gasteiger charge is 2.19. The van der Waals surface area contributed by atoms with Gasteiger partial charge in [-0.15, -0.1) is 11.3 Å². The number of aliphatic carboxylic acids is 1.